The molecule has 2 aromatic carbocycles. The van der Waals surface area contributed by atoms with Crippen LogP contribution >= 0.6 is 0 Å². The van der Waals surface area contributed by atoms with E-state index in [1.165, 1.54) is 0 Å². The zero-order chi connectivity index (χ0) is 33.6. The van der Waals surface area contributed by atoms with Gasteiger partial charge < -0.3 is 38.6 Å². The van der Waals surface area contributed by atoms with Crippen LogP contribution in [-0.2, 0) is 34.0 Å². The molecular weight excluding hydrogens is 580 g/mol. The second kappa shape index (κ2) is 18.3. The Balaban J connectivity index is 1.87. The third kappa shape index (κ3) is 13.4. The van der Waals surface area contributed by atoms with Crippen molar-refractivity contribution in [3.05, 3.63) is 84.0 Å². The Morgan fingerprint density at radius 2 is 1.07 bits per heavy atom. The molecule has 0 aromatic heterocycles. The Hall–Kier alpha value is -3.70. The number of ether oxygens (including phenoxy) is 6. The summed E-state index contributed by atoms with van der Waals surface area (Å²) in [6.45, 7) is 18.2. The van der Waals surface area contributed by atoms with Crippen molar-refractivity contribution in [1.82, 2.24) is 0 Å². The van der Waals surface area contributed by atoms with E-state index in [-0.39, 0.29) is 68.4 Å². The van der Waals surface area contributed by atoms with Gasteiger partial charge in [0.15, 0.2) is 0 Å². The smallest absolute Gasteiger partial charge is 0.333 e. The Morgan fingerprint density at radius 1 is 0.689 bits per heavy atom. The van der Waals surface area contributed by atoms with Gasteiger partial charge in [0, 0.05) is 16.6 Å². The Labute approximate surface area is 266 Å². The van der Waals surface area contributed by atoms with Crippen molar-refractivity contribution in [2.75, 3.05) is 39.6 Å². The summed E-state index contributed by atoms with van der Waals surface area (Å²) in [4.78, 5) is 22.9. The molecule has 0 amide bonds. The van der Waals surface area contributed by atoms with E-state index >= 15 is 0 Å². The molecule has 4 unspecified atom stereocenters. The second-order valence-corrected chi connectivity index (χ2v) is 11.7. The van der Waals surface area contributed by atoms with Crippen LogP contribution in [-0.4, -0.2) is 86.2 Å². The van der Waals surface area contributed by atoms with E-state index in [1.54, 1.807) is 13.8 Å². The lowest BCUT2D eigenvalue weighted by molar-refractivity contribution is -0.144. The van der Waals surface area contributed by atoms with Crippen molar-refractivity contribution < 1.29 is 48.2 Å². The number of carbonyl (C=O) groups is 2. The molecule has 248 valence electrons. The van der Waals surface area contributed by atoms with Gasteiger partial charge in [-0.2, -0.15) is 0 Å². The zero-order valence-corrected chi connectivity index (χ0v) is 27.2. The molecule has 0 aliphatic heterocycles. The molecule has 0 aliphatic carbocycles. The zero-order valence-electron chi connectivity index (χ0n) is 27.2. The van der Waals surface area contributed by atoms with Gasteiger partial charge in [-0.3, -0.25) is 0 Å². The van der Waals surface area contributed by atoms with Gasteiger partial charge in [0.2, 0.25) is 0 Å². The van der Waals surface area contributed by atoms with E-state index in [4.69, 9.17) is 28.4 Å². The number of rotatable bonds is 20. The first kappa shape index (κ1) is 37.5. The summed E-state index contributed by atoms with van der Waals surface area (Å²) in [7, 11) is 0. The maximum absolute atomic E-state index is 11.5. The largest absolute Gasteiger partial charge is 0.491 e. The van der Waals surface area contributed by atoms with Gasteiger partial charge in [-0.1, -0.05) is 51.3 Å². The van der Waals surface area contributed by atoms with Crippen LogP contribution in [0.4, 0.5) is 0 Å². The van der Waals surface area contributed by atoms with Crippen LogP contribution in [0, 0.1) is 0 Å². The van der Waals surface area contributed by atoms with E-state index < -0.39 is 24.1 Å². The fourth-order valence-electron chi connectivity index (χ4n) is 3.88. The molecular formula is C35H48O10. The molecule has 45 heavy (non-hydrogen) atoms. The Bertz CT molecular complexity index is 1180. The van der Waals surface area contributed by atoms with Gasteiger partial charge in [-0.25, -0.2) is 9.59 Å². The van der Waals surface area contributed by atoms with Crippen molar-refractivity contribution in [3.8, 4) is 11.5 Å². The number of carbonyl (C=O) groups excluding carboxylic acids is 2. The molecule has 10 heteroatoms. The van der Waals surface area contributed by atoms with Crippen LogP contribution in [0.5, 0.6) is 11.5 Å². The van der Waals surface area contributed by atoms with E-state index in [2.05, 4.69) is 27.0 Å². The van der Waals surface area contributed by atoms with Gasteiger partial charge in [-0.15, -0.1) is 0 Å². The van der Waals surface area contributed by atoms with E-state index in [0.717, 1.165) is 11.1 Å². The van der Waals surface area contributed by atoms with E-state index in [9.17, 15) is 19.8 Å². The third-order valence-corrected chi connectivity index (χ3v) is 6.74. The maximum atomic E-state index is 11.5. The normalized spacial score (nSPS) is 14.0. The number of hydrogen-bond donors (Lipinski definition) is 2. The van der Waals surface area contributed by atoms with E-state index in [0.29, 0.717) is 11.5 Å². The standard InChI is InChI=1S/C35H48O10/c1-23(2)33(38)44-21-29(36)19-40-25(5)17-42-31-13-9-11-27(15-31)35(7,8)28-12-10-14-32(16-28)43-18-26(6)41-20-30(37)22-45-34(39)24(3)4/h9-16,25-26,29-30,36-37H,1,3,17-22H2,2,4-8H3. The highest BCUT2D eigenvalue weighted by atomic mass is 16.6. The van der Waals surface area contributed by atoms with Crippen LogP contribution in [0.25, 0.3) is 0 Å². The predicted molar refractivity (Wildman–Crippen MR) is 170 cm³/mol. The summed E-state index contributed by atoms with van der Waals surface area (Å²) in [6.07, 6.45) is -2.52. The Kier molecular flexibility index (Phi) is 15.3. The highest BCUT2D eigenvalue weighted by molar-refractivity contribution is 5.87. The molecule has 0 saturated heterocycles. The fourth-order valence-corrected chi connectivity index (χ4v) is 3.88. The molecule has 0 heterocycles. The minimum absolute atomic E-state index is 0.000692. The summed E-state index contributed by atoms with van der Waals surface area (Å²) < 4.78 is 33.1. The summed E-state index contributed by atoms with van der Waals surface area (Å²) in [5.74, 6) is 0.258. The summed E-state index contributed by atoms with van der Waals surface area (Å²) in [6, 6.07) is 15.7. The molecule has 0 aliphatic rings. The summed E-state index contributed by atoms with van der Waals surface area (Å²) in [5.41, 5.74) is 2.24. The Morgan fingerprint density at radius 3 is 1.42 bits per heavy atom. The van der Waals surface area contributed by atoms with Gasteiger partial charge in [0.1, 0.15) is 50.1 Å². The monoisotopic (exact) mass is 628 g/mol. The third-order valence-electron chi connectivity index (χ3n) is 6.74. The van der Waals surface area contributed by atoms with Crippen LogP contribution in [0.3, 0.4) is 0 Å². The lowest BCUT2D eigenvalue weighted by Gasteiger charge is -2.27. The maximum Gasteiger partial charge on any atom is 0.333 e. The van der Waals surface area contributed by atoms with Gasteiger partial charge in [0.05, 0.1) is 25.4 Å². The first-order chi connectivity index (χ1) is 21.2. The van der Waals surface area contributed by atoms with Crippen molar-refractivity contribution in [1.29, 1.82) is 0 Å². The molecule has 0 spiro atoms. The quantitative estimate of drug-likeness (QED) is 0.159. The van der Waals surface area contributed by atoms with Crippen LogP contribution in [0.1, 0.15) is 52.7 Å². The predicted octanol–water partition coefficient (Wildman–Crippen LogP) is 4.54. The van der Waals surface area contributed by atoms with Crippen molar-refractivity contribution in [3.63, 3.8) is 0 Å². The number of aliphatic hydroxyl groups excluding tert-OH is 2. The van der Waals surface area contributed by atoms with Gasteiger partial charge in [0.25, 0.3) is 0 Å². The number of benzene rings is 2. The van der Waals surface area contributed by atoms with Gasteiger partial charge >= 0.3 is 11.9 Å². The fraction of sp³-hybridized carbons (Fsp3) is 0.486. The summed E-state index contributed by atoms with van der Waals surface area (Å²) >= 11 is 0. The molecule has 0 fully saturated rings. The molecule has 2 N–H and O–H groups in total. The van der Waals surface area contributed by atoms with Crippen LogP contribution in [0.2, 0.25) is 0 Å². The molecule has 4 atom stereocenters. The van der Waals surface area contributed by atoms with Crippen LogP contribution < -0.4 is 9.47 Å². The van der Waals surface area contributed by atoms with Crippen LogP contribution in [0.15, 0.2) is 72.8 Å². The first-order valence-electron chi connectivity index (χ1n) is 14.9. The minimum Gasteiger partial charge on any atom is -0.491 e. The minimum atomic E-state index is -0.951. The summed E-state index contributed by atoms with van der Waals surface area (Å²) in [5, 5.41) is 20.0. The lowest BCUT2D eigenvalue weighted by Crippen LogP contribution is -2.28. The average molecular weight is 629 g/mol. The van der Waals surface area contributed by atoms with E-state index in [1.807, 2.05) is 62.4 Å². The number of esters is 2. The lowest BCUT2D eigenvalue weighted by atomic mass is 9.78. The highest BCUT2D eigenvalue weighted by Crippen LogP contribution is 2.35. The SMILES string of the molecule is C=C(C)C(=O)OCC(O)COC(C)COc1cccc(C(C)(C)c2cccc(OCC(C)OCC(O)COC(=O)C(=C)C)c2)c1. The first-order valence-corrected chi connectivity index (χ1v) is 14.9. The van der Waals surface area contributed by atoms with Gasteiger partial charge in [-0.05, 0) is 63.1 Å². The number of aliphatic hydroxyl groups is 2. The number of hydrogen-bond acceptors (Lipinski definition) is 10. The molecule has 2 rings (SSSR count). The molecule has 0 bridgehead atoms. The molecule has 10 nitrogen and oxygen atoms in total. The average Bonchev–Trinajstić information content (AvgIpc) is 3.02. The second-order valence-electron chi connectivity index (χ2n) is 11.7. The van der Waals surface area contributed by atoms with Crippen molar-refractivity contribution in [2.24, 2.45) is 0 Å². The highest BCUT2D eigenvalue weighted by Gasteiger charge is 2.24. The molecule has 0 radical (unpaired) electrons. The van der Waals surface area contributed by atoms with Crippen molar-refractivity contribution in [2.45, 2.75) is 71.4 Å². The molecule has 0 saturated carbocycles. The molecule has 2 aromatic rings. The van der Waals surface area contributed by atoms with Crippen molar-refractivity contribution >= 4 is 11.9 Å². The topological polar surface area (TPSA) is 130 Å².